The van der Waals surface area contributed by atoms with E-state index in [0.29, 0.717) is 6.54 Å². The number of thiophene rings is 1. The molecule has 6 nitrogen and oxygen atoms in total. The van der Waals surface area contributed by atoms with Gasteiger partial charge in [-0.25, -0.2) is 4.79 Å². The number of likely N-dealkylation sites (N-methyl/N-ethyl adjacent to an activating group) is 1. The van der Waals surface area contributed by atoms with Crippen molar-refractivity contribution in [1.29, 1.82) is 0 Å². The lowest BCUT2D eigenvalue weighted by Crippen LogP contribution is -2.47. The van der Waals surface area contributed by atoms with Gasteiger partial charge in [0.1, 0.15) is 12.1 Å². The summed E-state index contributed by atoms with van der Waals surface area (Å²) < 4.78 is 0. The van der Waals surface area contributed by atoms with E-state index in [1.165, 1.54) is 0 Å². The van der Waals surface area contributed by atoms with E-state index in [9.17, 15) is 14.4 Å². The molecule has 1 unspecified atom stereocenters. The van der Waals surface area contributed by atoms with Gasteiger partial charge in [-0.15, -0.1) is 11.3 Å². The fourth-order valence-corrected chi connectivity index (χ4v) is 3.88. The Morgan fingerprint density at radius 2 is 2.17 bits per heavy atom. The third kappa shape index (κ3) is 2.85. The summed E-state index contributed by atoms with van der Waals surface area (Å²) in [5.74, 6) is -0.314. The lowest BCUT2D eigenvalue weighted by atomic mass is 9.96. The average molecular weight is 335 g/mol. The maximum Gasteiger partial charge on any atom is 0.325 e. The van der Waals surface area contributed by atoms with Crippen molar-refractivity contribution in [1.82, 2.24) is 15.1 Å². The molecule has 0 spiro atoms. The van der Waals surface area contributed by atoms with Crippen LogP contribution in [0.5, 0.6) is 0 Å². The Bertz CT molecular complexity index is 667. The predicted molar refractivity (Wildman–Crippen MR) is 86.9 cm³/mol. The number of carbonyl (C=O) groups excluding carboxylic acids is 3. The molecule has 0 radical (unpaired) electrons. The van der Waals surface area contributed by atoms with Crippen LogP contribution in [0, 0.1) is 12.8 Å². The number of rotatable bonds is 5. The molecule has 1 saturated heterocycles. The van der Waals surface area contributed by atoms with Crippen molar-refractivity contribution in [2.45, 2.75) is 38.8 Å². The number of nitrogens with zero attached hydrogens (tertiary/aromatic N) is 2. The fourth-order valence-electron chi connectivity index (χ4n) is 2.92. The number of hydrogen-bond donors (Lipinski definition) is 1. The molecule has 4 amide bonds. The second-order valence-electron chi connectivity index (χ2n) is 6.57. The predicted octanol–water partition coefficient (Wildman–Crippen LogP) is 1.74. The van der Waals surface area contributed by atoms with Crippen LogP contribution in [0.25, 0.3) is 0 Å². The zero-order valence-corrected chi connectivity index (χ0v) is 14.4. The van der Waals surface area contributed by atoms with E-state index in [2.05, 4.69) is 5.32 Å². The van der Waals surface area contributed by atoms with Gasteiger partial charge in [0, 0.05) is 11.9 Å². The number of nitrogens with one attached hydrogen (secondary N) is 1. The molecule has 2 aliphatic rings. The first-order chi connectivity index (χ1) is 10.8. The van der Waals surface area contributed by atoms with Crippen LogP contribution in [0.2, 0.25) is 0 Å². The maximum atomic E-state index is 12.5. The second kappa shape index (κ2) is 5.63. The lowest BCUT2D eigenvalue weighted by molar-refractivity contribution is -0.138. The first-order valence-electron chi connectivity index (χ1n) is 7.74. The van der Waals surface area contributed by atoms with E-state index in [1.807, 2.05) is 18.4 Å². The summed E-state index contributed by atoms with van der Waals surface area (Å²) in [4.78, 5) is 40.7. The van der Waals surface area contributed by atoms with Gasteiger partial charge in [0.2, 0.25) is 5.91 Å². The molecule has 1 aromatic rings. The van der Waals surface area contributed by atoms with E-state index in [0.717, 1.165) is 28.2 Å². The Balaban J connectivity index is 1.64. The van der Waals surface area contributed by atoms with Crippen LogP contribution >= 0.6 is 11.3 Å². The SMILES string of the molecule is Cc1ccsc1CN(C)C(=O)CN1C(=O)NC(C)(C2CC2)C1=O. The standard InChI is InChI=1S/C16H21N3O3S/c1-10-6-7-23-12(10)8-18(3)13(20)9-19-14(21)16(2,11-4-5-11)17-15(19)22/h6-7,11H,4-5,8-9H2,1-3H3,(H,17,22). The minimum Gasteiger partial charge on any atom is -0.339 e. The summed E-state index contributed by atoms with van der Waals surface area (Å²) in [7, 11) is 1.69. The van der Waals surface area contributed by atoms with Gasteiger partial charge in [-0.05, 0) is 49.6 Å². The molecular weight excluding hydrogens is 314 g/mol. The highest BCUT2D eigenvalue weighted by molar-refractivity contribution is 7.10. The van der Waals surface area contributed by atoms with Crippen LogP contribution in [0.3, 0.4) is 0 Å². The van der Waals surface area contributed by atoms with Gasteiger partial charge < -0.3 is 10.2 Å². The number of amides is 4. The Hall–Kier alpha value is -1.89. The quantitative estimate of drug-likeness (QED) is 0.833. The Kier molecular flexibility index (Phi) is 3.91. The van der Waals surface area contributed by atoms with E-state index in [-0.39, 0.29) is 24.3 Å². The average Bonchev–Trinajstić information content (AvgIpc) is 3.25. The molecular formula is C16H21N3O3S. The van der Waals surface area contributed by atoms with Crippen LogP contribution in [-0.2, 0) is 16.1 Å². The molecule has 3 rings (SSSR count). The third-order valence-corrected chi connectivity index (χ3v) is 5.77. The Morgan fingerprint density at radius 1 is 1.48 bits per heavy atom. The van der Waals surface area contributed by atoms with E-state index in [1.54, 1.807) is 30.2 Å². The molecule has 1 aliphatic carbocycles. The third-order valence-electron chi connectivity index (χ3n) is 4.76. The molecule has 124 valence electrons. The van der Waals surface area contributed by atoms with Gasteiger partial charge in [-0.3, -0.25) is 14.5 Å². The maximum absolute atomic E-state index is 12.5. The molecule has 1 saturated carbocycles. The van der Waals surface area contributed by atoms with Gasteiger partial charge in [-0.1, -0.05) is 0 Å². The molecule has 2 fully saturated rings. The number of imide groups is 1. The van der Waals surface area contributed by atoms with E-state index >= 15 is 0 Å². The number of carbonyl (C=O) groups is 3. The second-order valence-corrected chi connectivity index (χ2v) is 7.58. The van der Waals surface area contributed by atoms with Crippen LogP contribution in [0.4, 0.5) is 4.79 Å². The molecule has 1 atom stereocenters. The Morgan fingerprint density at radius 3 is 2.74 bits per heavy atom. The molecule has 1 aliphatic heterocycles. The van der Waals surface area contributed by atoms with Crippen LogP contribution in [-0.4, -0.2) is 46.8 Å². The summed E-state index contributed by atoms with van der Waals surface area (Å²) in [6.45, 7) is 4.05. The summed E-state index contributed by atoms with van der Waals surface area (Å²) in [6, 6.07) is 1.55. The smallest absolute Gasteiger partial charge is 0.325 e. The largest absolute Gasteiger partial charge is 0.339 e. The monoisotopic (exact) mass is 335 g/mol. The van der Waals surface area contributed by atoms with Gasteiger partial charge in [0.15, 0.2) is 0 Å². The molecule has 1 N–H and O–H groups in total. The summed E-state index contributed by atoms with van der Waals surface area (Å²) >= 11 is 1.60. The topological polar surface area (TPSA) is 69.7 Å². The molecule has 0 bridgehead atoms. The summed E-state index contributed by atoms with van der Waals surface area (Å²) in [5.41, 5.74) is 0.311. The van der Waals surface area contributed by atoms with Crippen molar-refractivity contribution >= 4 is 29.2 Å². The Labute approximate surface area is 139 Å². The minimum atomic E-state index is -0.833. The molecule has 0 aromatic carbocycles. The molecule has 23 heavy (non-hydrogen) atoms. The highest BCUT2D eigenvalue weighted by Gasteiger charge is 2.56. The fraction of sp³-hybridized carbons (Fsp3) is 0.562. The van der Waals surface area contributed by atoms with Crippen LogP contribution < -0.4 is 5.32 Å². The zero-order chi connectivity index (χ0) is 16.8. The lowest BCUT2D eigenvalue weighted by Gasteiger charge is -2.22. The number of hydrogen-bond acceptors (Lipinski definition) is 4. The molecule has 7 heteroatoms. The highest BCUT2D eigenvalue weighted by atomic mass is 32.1. The van der Waals surface area contributed by atoms with E-state index < -0.39 is 11.6 Å². The van der Waals surface area contributed by atoms with Crippen LogP contribution in [0.15, 0.2) is 11.4 Å². The van der Waals surface area contributed by atoms with Crippen LogP contribution in [0.1, 0.15) is 30.2 Å². The van der Waals surface area contributed by atoms with Crippen molar-refractivity contribution < 1.29 is 14.4 Å². The highest BCUT2D eigenvalue weighted by Crippen LogP contribution is 2.42. The first-order valence-corrected chi connectivity index (χ1v) is 8.62. The zero-order valence-electron chi connectivity index (χ0n) is 13.6. The van der Waals surface area contributed by atoms with Gasteiger partial charge >= 0.3 is 6.03 Å². The van der Waals surface area contributed by atoms with Crippen molar-refractivity contribution in [2.24, 2.45) is 5.92 Å². The first kappa shape index (κ1) is 16.0. The van der Waals surface area contributed by atoms with Crippen molar-refractivity contribution in [3.63, 3.8) is 0 Å². The minimum absolute atomic E-state index is 0.200. The number of urea groups is 1. The van der Waals surface area contributed by atoms with Gasteiger partial charge in [0.25, 0.3) is 5.91 Å². The van der Waals surface area contributed by atoms with Crippen molar-refractivity contribution in [3.8, 4) is 0 Å². The molecule has 2 heterocycles. The molecule has 1 aromatic heterocycles. The summed E-state index contributed by atoms with van der Waals surface area (Å²) in [5, 5.41) is 4.75. The van der Waals surface area contributed by atoms with Crippen molar-refractivity contribution in [2.75, 3.05) is 13.6 Å². The van der Waals surface area contributed by atoms with Gasteiger partial charge in [-0.2, -0.15) is 0 Å². The van der Waals surface area contributed by atoms with E-state index in [4.69, 9.17) is 0 Å². The van der Waals surface area contributed by atoms with Gasteiger partial charge in [0.05, 0.1) is 6.54 Å². The summed E-state index contributed by atoms with van der Waals surface area (Å²) in [6.07, 6.45) is 1.89. The normalized spacial score (nSPS) is 24.0. The number of aryl methyl sites for hydroxylation is 1. The van der Waals surface area contributed by atoms with Crippen molar-refractivity contribution in [3.05, 3.63) is 21.9 Å².